The molecular weight excluding hydrogens is 430 g/mol. The minimum atomic E-state index is -0.441. The van der Waals surface area contributed by atoms with E-state index in [1.165, 1.54) is 18.2 Å². The second-order valence-corrected chi connectivity index (χ2v) is 8.37. The molecule has 0 aliphatic rings. The van der Waals surface area contributed by atoms with Crippen LogP contribution < -0.4 is 0 Å². The number of phenolic OH excluding ortho intramolecular Hbond substituents is 1. The maximum Gasteiger partial charge on any atom is 0.270 e. The van der Waals surface area contributed by atoms with Gasteiger partial charge in [0.15, 0.2) is 5.58 Å². The van der Waals surface area contributed by atoms with Gasteiger partial charge in [-0.25, -0.2) is 4.98 Å². The number of aromatic nitrogens is 1. The highest BCUT2D eigenvalue weighted by Crippen LogP contribution is 2.32. The van der Waals surface area contributed by atoms with Gasteiger partial charge in [0.25, 0.3) is 5.69 Å². The number of hydrogen-bond acceptors (Lipinski definition) is 6. The van der Waals surface area contributed by atoms with Crippen LogP contribution in [-0.4, -0.2) is 21.2 Å². The summed E-state index contributed by atoms with van der Waals surface area (Å²) in [6.45, 7) is 5.98. The van der Waals surface area contributed by atoms with E-state index in [1.807, 2.05) is 45.0 Å². The zero-order valence-corrected chi connectivity index (χ0v) is 18.9. The molecule has 0 unspecified atom stereocenters. The van der Waals surface area contributed by atoms with Gasteiger partial charge in [-0.05, 0) is 78.6 Å². The zero-order valence-electron chi connectivity index (χ0n) is 18.9. The highest BCUT2D eigenvalue weighted by Gasteiger charge is 2.13. The fraction of sp³-hybridized carbons (Fsp3) is 0.111. The topological polar surface area (TPSA) is 102 Å². The quantitative estimate of drug-likeness (QED) is 0.181. The van der Waals surface area contributed by atoms with E-state index in [9.17, 15) is 15.2 Å². The molecule has 0 spiro atoms. The lowest BCUT2D eigenvalue weighted by atomic mass is 10.0. The minimum Gasteiger partial charge on any atom is -0.507 e. The van der Waals surface area contributed by atoms with Crippen LogP contribution in [0.25, 0.3) is 33.3 Å². The molecule has 0 fully saturated rings. The molecule has 168 valence electrons. The summed E-state index contributed by atoms with van der Waals surface area (Å²) in [5.41, 5.74) is 6.66. The van der Waals surface area contributed by atoms with Crippen molar-refractivity contribution in [3.8, 4) is 17.2 Å². The van der Waals surface area contributed by atoms with E-state index in [1.54, 1.807) is 18.3 Å². The summed E-state index contributed by atoms with van der Waals surface area (Å²) in [6, 6.07) is 17.5. The first-order valence-electron chi connectivity index (χ1n) is 10.7. The van der Waals surface area contributed by atoms with Gasteiger partial charge < -0.3 is 9.52 Å². The monoisotopic (exact) mass is 451 g/mol. The molecule has 0 amide bonds. The van der Waals surface area contributed by atoms with Gasteiger partial charge in [-0.1, -0.05) is 18.2 Å². The van der Waals surface area contributed by atoms with Crippen molar-refractivity contribution in [3.63, 3.8) is 0 Å². The third-order valence-corrected chi connectivity index (χ3v) is 5.84. The van der Waals surface area contributed by atoms with Crippen molar-refractivity contribution in [1.29, 1.82) is 0 Å². The van der Waals surface area contributed by atoms with Gasteiger partial charge >= 0.3 is 0 Å². The van der Waals surface area contributed by atoms with Crippen LogP contribution in [0.4, 0.5) is 11.4 Å². The van der Waals surface area contributed by atoms with E-state index in [0.29, 0.717) is 27.9 Å². The van der Waals surface area contributed by atoms with E-state index in [-0.39, 0.29) is 11.4 Å². The summed E-state index contributed by atoms with van der Waals surface area (Å²) in [6.07, 6.45) is 1.58. The number of oxazole rings is 1. The van der Waals surface area contributed by atoms with Gasteiger partial charge in [-0.15, -0.1) is 0 Å². The van der Waals surface area contributed by atoms with Crippen molar-refractivity contribution < 1.29 is 14.4 Å². The number of phenols is 1. The fourth-order valence-electron chi connectivity index (χ4n) is 4.09. The van der Waals surface area contributed by atoms with E-state index in [0.717, 1.165) is 33.4 Å². The SMILES string of the molecule is Cc1cc(C)c2oc(-c3ccc(C)c(N=Cc4c(O)ccc5cc([N+](=O)[O-])ccc45)c3)nc2c1. The second kappa shape index (κ2) is 8.12. The summed E-state index contributed by atoms with van der Waals surface area (Å²) in [7, 11) is 0. The second-order valence-electron chi connectivity index (χ2n) is 8.37. The largest absolute Gasteiger partial charge is 0.507 e. The van der Waals surface area contributed by atoms with Gasteiger partial charge in [0.05, 0.1) is 10.6 Å². The lowest BCUT2D eigenvalue weighted by Crippen LogP contribution is -1.90. The van der Waals surface area contributed by atoms with Crippen LogP contribution in [-0.2, 0) is 0 Å². The Morgan fingerprint density at radius 1 is 1.00 bits per heavy atom. The van der Waals surface area contributed by atoms with Crippen LogP contribution in [0.3, 0.4) is 0 Å². The molecule has 1 heterocycles. The van der Waals surface area contributed by atoms with Gasteiger partial charge in [0, 0.05) is 29.5 Å². The highest BCUT2D eigenvalue weighted by molar-refractivity contribution is 6.03. The first-order valence-corrected chi connectivity index (χ1v) is 10.7. The van der Waals surface area contributed by atoms with Crippen molar-refractivity contribution in [3.05, 3.63) is 93.0 Å². The number of aromatic hydroxyl groups is 1. The maximum atomic E-state index is 11.1. The standard InChI is InChI=1S/C27H21N3O4/c1-15-10-17(3)26-24(11-15)29-27(34-26)19-5-4-16(2)23(13-19)28-14-22-21-8-7-20(30(32)33)12-18(21)6-9-25(22)31/h4-14,31H,1-3H3. The molecule has 0 atom stereocenters. The summed E-state index contributed by atoms with van der Waals surface area (Å²) in [4.78, 5) is 19.9. The van der Waals surface area contributed by atoms with Crippen LogP contribution in [0.15, 0.2) is 70.1 Å². The number of nitro groups is 1. The molecule has 0 radical (unpaired) electrons. The average Bonchev–Trinajstić information content (AvgIpc) is 3.23. The van der Waals surface area contributed by atoms with Crippen molar-refractivity contribution in [2.24, 2.45) is 4.99 Å². The van der Waals surface area contributed by atoms with Gasteiger partial charge in [-0.3, -0.25) is 15.1 Å². The van der Waals surface area contributed by atoms with Crippen molar-refractivity contribution in [2.75, 3.05) is 0 Å². The lowest BCUT2D eigenvalue weighted by molar-refractivity contribution is -0.384. The summed E-state index contributed by atoms with van der Waals surface area (Å²) in [5.74, 6) is 0.559. The third-order valence-electron chi connectivity index (χ3n) is 5.84. The summed E-state index contributed by atoms with van der Waals surface area (Å²) >= 11 is 0. The zero-order chi connectivity index (χ0) is 24.0. The molecule has 5 aromatic rings. The molecule has 0 aliphatic heterocycles. The molecule has 7 heteroatoms. The molecular formula is C27H21N3O4. The molecule has 4 aromatic carbocycles. The number of benzene rings is 4. The predicted octanol–water partition coefficient (Wildman–Crippen LogP) is 6.94. The van der Waals surface area contributed by atoms with Gasteiger partial charge in [-0.2, -0.15) is 0 Å². The van der Waals surface area contributed by atoms with Crippen molar-refractivity contribution in [2.45, 2.75) is 20.8 Å². The highest BCUT2D eigenvalue weighted by atomic mass is 16.6. The summed E-state index contributed by atoms with van der Waals surface area (Å²) in [5, 5.41) is 22.9. The fourth-order valence-corrected chi connectivity index (χ4v) is 4.09. The smallest absolute Gasteiger partial charge is 0.270 e. The normalized spacial score (nSPS) is 11.6. The Morgan fingerprint density at radius 3 is 2.62 bits per heavy atom. The Hall–Kier alpha value is -4.52. The first kappa shape index (κ1) is 21.3. The number of hydrogen-bond donors (Lipinski definition) is 1. The van der Waals surface area contributed by atoms with E-state index < -0.39 is 4.92 Å². The Kier molecular flexibility index (Phi) is 5.09. The van der Waals surface area contributed by atoms with Crippen LogP contribution in [0.5, 0.6) is 5.75 Å². The van der Waals surface area contributed by atoms with Gasteiger partial charge in [0.2, 0.25) is 5.89 Å². The van der Waals surface area contributed by atoms with Crippen LogP contribution in [0.1, 0.15) is 22.3 Å². The molecule has 7 nitrogen and oxygen atoms in total. The number of aliphatic imine (C=N–C) groups is 1. The minimum absolute atomic E-state index is 0.00612. The molecule has 0 saturated heterocycles. The van der Waals surface area contributed by atoms with Crippen LogP contribution in [0.2, 0.25) is 0 Å². The first-order chi connectivity index (χ1) is 16.3. The van der Waals surface area contributed by atoms with E-state index >= 15 is 0 Å². The molecule has 34 heavy (non-hydrogen) atoms. The number of non-ortho nitro benzene ring substituents is 1. The van der Waals surface area contributed by atoms with E-state index in [4.69, 9.17) is 4.42 Å². The van der Waals surface area contributed by atoms with Crippen LogP contribution >= 0.6 is 0 Å². The Labute approximate surface area is 195 Å². The van der Waals surface area contributed by atoms with Crippen LogP contribution in [0, 0.1) is 30.9 Å². The average molecular weight is 451 g/mol. The third kappa shape index (κ3) is 3.77. The van der Waals surface area contributed by atoms with Crippen molar-refractivity contribution >= 4 is 39.5 Å². The molecule has 0 bridgehead atoms. The Balaban J connectivity index is 1.56. The number of fused-ring (bicyclic) bond motifs is 2. The lowest BCUT2D eigenvalue weighted by Gasteiger charge is -2.06. The molecule has 5 rings (SSSR count). The van der Waals surface area contributed by atoms with Crippen molar-refractivity contribution in [1.82, 2.24) is 4.98 Å². The maximum absolute atomic E-state index is 11.1. The number of rotatable bonds is 4. The number of nitro benzene ring substituents is 1. The molecule has 0 saturated carbocycles. The van der Waals surface area contributed by atoms with Gasteiger partial charge in [0.1, 0.15) is 11.3 Å². The molecule has 1 N–H and O–H groups in total. The van der Waals surface area contributed by atoms with E-state index in [2.05, 4.69) is 16.0 Å². The predicted molar refractivity (Wildman–Crippen MR) is 133 cm³/mol. The number of aryl methyl sites for hydroxylation is 3. The molecule has 1 aromatic heterocycles. The Morgan fingerprint density at radius 2 is 1.82 bits per heavy atom. The Bertz CT molecular complexity index is 1630. The molecule has 0 aliphatic carbocycles. The number of nitrogens with zero attached hydrogens (tertiary/aromatic N) is 3. The summed E-state index contributed by atoms with van der Waals surface area (Å²) < 4.78 is 6.05.